The van der Waals surface area contributed by atoms with Crippen molar-refractivity contribution >= 4 is 0 Å². The van der Waals surface area contributed by atoms with Gasteiger partial charge in [0.15, 0.2) is 0 Å². The fraction of sp³-hybridized carbons (Fsp3) is 0.625. The molecule has 2 N–H and O–H groups in total. The lowest BCUT2D eigenvalue weighted by Crippen LogP contribution is -2.25. The minimum Gasteiger partial charge on any atom is -0.496 e. The molecular formula is C16H25NO2. The lowest BCUT2D eigenvalue weighted by atomic mass is 9.92. The Hall–Kier alpha value is -1.06. The van der Waals surface area contributed by atoms with E-state index in [-0.39, 0.29) is 6.04 Å². The Morgan fingerprint density at radius 2 is 2.16 bits per heavy atom. The number of aryl methyl sites for hydroxylation is 2. The molecule has 0 aliphatic carbocycles. The van der Waals surface area contributed by atoms with Crippen molar-refractivity contribution in [1.29, 1.82) is 0 Å². The second-order valence-corrected chi connectivity index (χ2v) is 5.53. The van der Waals surface area contributed by atoms with E-state index in [1.807, 2.05) is 0 Å². The molecule has 0 bridgehead atoms. The molecule has 3 nitrogen and oxygen atoms in total. The molecule has 19 heavy (non-hydrogen) atoms. The lowest BCUT2D eigenvalue weighted by molar-refractivity contribution is 0.00717. The van der Waals surface area contributed by atoms with Crippen LogP contribution in [0.15, 0.2) is 12.1 Å². The summed E-state index contributed by atoms with van der Waals surface area (Å²) in [6.07, 6.45) is 4.73. The maximum atomic E-state index is 6.39. The molecule has 2 rings (SSSR count). The number of rotatable bonds is 4. The molecule has 2 unspecified atom stereocenters. The highest BCUT2D eigenvalue weighted by Crippen LogP contribution is 2.32. The van der Waals surface area contributed by atoms with Crippen molar-refractivity contribution < 1.29 is 9.47 Å². The predicted molar refractivity (Wildman–Crippen MR) is 77.6 cm³/mol. The Morgan fingerprint density at radius 1 is 1.37 bits per heavy atom. The maximum absolute atomic E-state index is 6.39. The first-order valence-electron chi connectivity index (χ1n) is 7.14. The first kappa shape index (κ1) is 14.4. The van der Waals surface area contributed by atoms with Crippen molar-refractivity contribution in [2.24, 2.45) is 5.73 Å². The van der Waals surface area contributed by atoms with Crippen LogP contribution in [0.1, 0.15) is 48.4 Å². The molecule has 1 aromatic rings. The molecule has 3 heteroatoms. The fourth-order valence-electron chi connectivity index (χ4n) is 2.98. The smallest absolute Gasteiger partial charge is 0.124 e. The quantitative estimate of drug-likeness (QED) is 0.906. The van der Waals surface area contributed by atoms with Crippen LogP contribution >= 0.6 is 0 Å². The standard InChI is InChI=1S/C16H25NO2/c1-11-8-12(2)16(15(9-11)18-3)14(17)10-13-6-4-5-7-19-13/h8-9,13-14H,4-7,10,17H2,1-3H3. The van der Waals surface area contributed by atoms with Crippen LogP contribution in [0.4, 0.5) is 0 Å². The number of hydrogen-bond donors (Lipinski definition) is 1. The van der Waals surface area contributed by atoms with Crippen molar-refractivity contribution in [2.75, 3.05) is 13.7 Å². The Bertz CT molecular complexity index is 425. The molecule has 1 heterocycles. The van der Waals surface area contributed by atoms with Gasteiger partial charge in [0.25, 0.3) is 0 Å². The number of nitrogens with two attached hydrogens (primary N) is 1. The second-order valence-electron chi connectivity index (χ2n) is 5.53. The van der Waals surface area contributed by atoms with E-state index in [1.54, 1.807) is 7.11 Å². The summed E-state index contributed by atoms with van der Waals surface area (Å²) in [6, 6.07) is 4.21. The van der Waals surface area contributed by atoms with E-state index in [9.17, 15) is 0 Å². The summed E-state index contributed by atoms with van der Waals surface area (Å²) < 4.78 is 11.3. The molecule has 1 aliphatic rings. The van der Waals surface area contributed by atoms with Gasteiger partial charge in [0, 0.05) is 18.2 Å². The van der Waals surface area contributed by atoms with E-state index in [1.165, 1.54) is 24.0 Å². The minimum atomic E-state index is -0.0151. The summed E-state index contributed by atoms with van der Waals surface area (Å²) in [5.74, 6) is 0.904. The summed E-state index contributed by atoms with van der Waals surface area (Å²) in [4.78, 5) is 0. The van der Waals surface area contributed by atoms with Gasteiger partial charge in [0.1, 0.15) is 5.75 Å². The van der Waals surface area contributed by atoms with Crippen LogP contribution in [0, 0.1) is 13.8 Å². The lowest BCUT2D eigenvalue weighted by Gasteiger charge is -2.27. The van der Waals surface area contributed by atoms with E-state index in [2.05, 4.69) is 26.0 Å². The number of hydrogen-bond acceptors (Lipinski definition) is 3. The predicted octanol–water partition coefficient (Wildman–Crippen LogP) is 3.27. The van der Waals surface area contributed by atoms with Crippen molar-refractivity contribution in [2.45, 2.75) is 51.7 Å². The molecular weight excluding hydrogens is 238 g/mol. The summed E-state index contributed by atoms with van der Waals surface area (Å²) in [6.45, 7) is 5.06. The monoisotopic (exact) mass is 263 g/mol. The molecule has 1 saturated heterocycles. The average Bonchev–Trinajstić information content (AvgIpc) is 2.38. The summed E-state index contributed by atoms with van der Waals surface area (Å²) in [5.41, 5.74) is 9.94. The van der Waals surface area contributed by atoms with Gasteiger partial charge < -0.3 is 15.2 Å². The van der Waals surface area contributed by atoms with Gasteiger partial charge in [-0.2, -0.15) is 0 Å². The number of benzene rings is 1. The molecule has 1 fully saturated rings. The van der Waals surface area contributed by atoms with Gasteiger partial charge in [-0.05, 0) is 56.7 Å². The Balaban J connectivity index is 2.15. The molecule has 0 saturated carbocycles. The first-order valence-corrected chi connectivity index (χ1v) is 7.14. The third-order valence-corrected chi connectivity index (χ3v) is 3.87. The van der Waals surface area contributed by atoms with Crippen LogP contribution in [0.5, 0.6) is 5.75 Å². The van der Waals surface area contributed by atoms with E-state index in [0.29, 0.717) is 6.10 Å². The first-order chi connectivity index (χ1) is 9.11. The highest BCUT2D eigenvalue weighted by molar-refractivity contribution is 5.45. The molecule has 0 radical (unpaired) electrons. The SMILES string of the molecule is COc1cc(C)cc(C)c1C(N)CC1CCCCO1. The van der Waals surface area contributed by atoms with Gasteiger partial charge in [-0.3, -0.25) is 0 Å². The molecule has 1 aromatic carbocycles. The molecule has 106 valence electrons. The van der Waals surface area contributed by atoms with E-state index in [4.69, 9.17) is 15.2 Å². The minimum absolute atomic E-state index is 0.0151. The van der Waals surface area contributed by atoms with Gasteiger partial charge in [-0.1, -0.05) is 6.07 Å². The molecule has 0 amide bonds. The van der Waals surface area contributed by atoms with Crippen LogP contribution in [0.2, 0.25) is 0 Å². The van der Waals surface area contributed by atoms with Crippen LogP contribution in [-0.4, -0.2) is 19.8 Å². The normalized spacial score (nSPS) is 21.2. The van der Waals surface area contributed by atoms with Crippen LogP contribution < -0.4 is 10.5 Å². The van der Waals surface area contributed by atoms with Crippen LogP contribution in [0.3, 0.4) is 0 Å². The molecule has 1 aliphatic heterocycles. The average molecular weight is 263 g/mol. The zero-order chi connectivity index (χ0) is 13.8. The third-order valence-electron chi connectivity index (χ3n) is 3.87. The highest BCUT2D eigenvalue weighted by Gasteiger charge is 2.22. The molecule has 2 atom stereocenters. The molecule has 0 aromatic heterocycles. The van der Waals surface area contributed by atoms with Gasteiger partial charge in [0.05, 0.1) is 13.2 Å². The van der Waals surface area contributed by atoms with Gasteiger partial charge in [-0.15, -0.1) is 0 Å². The van der Waals surface area contributed by atoms with Crippen molar-refractivity contribution in [3.8, 4) is 5.75 Å². The Kier molecular flexibility index (Phi) is 4.83. The zero-order valence-corrected chi connectivity index (χ0v) is 12.2. The third kappa shape index (κ3) is 3.48. The van der Waals surface area contributed by atoms with Gasteiger partial charge in [0.2, 0.25) is 0 Å². The summed E-state index contributed by atoms with van der Waals surface area (Å²) in [5, 5.41) is 0. The second kappa shape index (κ2) is 6.40. The Labute approximate surface area is 116 Å². The van der Waals surface area contributed by atoms with Gasteiger partial charge in [-0.25, -0.2) is 0 Å². The van der Waals surface area contributed by atoms with E-state index < -0.39 is 0 Å². The number of methoxy groups -OCH3 is 1. The fourth-order valence-corrected chi connectivity index (χ4v) is 2.98. The number of ether oxygens (including phenoxy) is 2. The van der Waals surface area contributed by atoms with Crippen molar-refractivity contribution in [3.05, 3.63) is 28.8 Å². The topological polar surface area (TPSA) is 44.5 Å². The highest BCUT2D eigenvalue weighted by atomic mass is 16.5. The summed E-state index contributed by atoms with van der Waals surface area (Å²) in [7, 11) is 1.71. The van der Waals surface area contributed by atoms with Crippen LogP contribution in [0.25, 0.3) is 0 Å². The van der Waals surface area contributed by atoms with Crippen molar-refractivity contribution in [1.82, 2.24) is 0 Å². The van der Waals surface area contributed by atoms with E-state index >= 15 is 0 Å². The summed E-state index contributed by atoms with van der Waals surface area (Å²) >= 11 is 0. The maximum Gasteiger partial charge on any atom is 0.124 e. The van der Waals surface area contributed by atoms with E-state index in [0.717, 1.165) is 30.8 Å². The van der Waals surface area contributed by atoms with Crippen LogP contribution in [-0.2, 0) is 4.74 Å². The Morgan fingerprint density at radius 3 is 2.79 bits per heavy atom. The molecule has 0 spiro atoms. The zero-order valence-electron chi connectivity index (χ0n) is 12.2. The van der Waals surface area contributed by atoms with Gasteiger partial charge >= 0.3 is 0 Å². The largest absolute Gasteiger partial charge is 0.496 e. The van der Waals surface area contributed by atoms with Crippen molar-refractivity contribution in [3.63, 3.8) is 0 Å².